The molecule has 0 radical (unpaired) electrons. The number of carbonyl (C=O) groups is 1. The smallest absolute Gasteiger partial charge is 0.233 e. The maximum Gasteiger partial charge on any atom is 0.233 e. The standard InChI is InChI=1S/C14H16FN3O2S3/c1-9(12(19)16-7-8-20-2)22-13-17-18(14(21)23-13)11-5-3-10(15)4-6-11/h3-6,9H,7-8H2,1-2H3,(H,16,19)/t9-/m0/s1. The number of benzene rings is 1. The summed E-state index contributed by atoms with van der Waals surface area (Å²) in [5.41, 5.74) is 0.691. The van der Waals surface area contributed by atoms with Crippen molar-refractivity contribution < 1.29 is 13.9 Å². The van der Waals surface area contributed by atoms with E-state index in [1.54, 1.807) is 30.8 Å². The number of methoxy groups -OCH3 is 1. The number of thioether (sulfide) groups is 1. The lowest BCUT2D eigenvalue weighted by Gasteiger charge is -2.09. The van der Waals surface area contributed by atoms with Gasteiger partial charge >= 0.3 is 0 Å². The van der Waals surface area contributed by atoms with Crippen molar-refractivity contribution in [1.82, 2.24) is 15.1 Å². The molecule has 1 heterocycles. The Balaban J connectivity index is 2.04. The summed E-state index contributed by atoms with van der Waals surface area (Å²) in [7, 11) is 1.58. The second kappa shape index (κ2) is 8.53. The Morgan fingerprint density at radius 1 is 1.52 bits per heavy atom. The second-order valence-corrected chi connectivity index (χ2v) is 7.78. The first-order chi connectivity index (χ1) is 11.0. The number of hydrogen-bond donors (Lipinski definition) is 1. The number of carbonyl (C=O) groups excluding carboxylic acids is 1. The van der Waals surface area contributed by atoms with Crippen LogP contribution in [0.3, 0.4) is 0 Å². The highest BCUT2D eigenvalue weighted by molar-refractivity contribution is 8.02. The third-order valence-corrected chi connectivity index (χ3v) is 5.27. The van der Waals surface area contributed by atoms with Crippen molar-refractivity contribution in [3.8, 4) is 5.69 Å². The molecule has 0 aliphatic carbocycles. The van der Waals surface area contributed by atoms with Crippen LogP contribution in [0.2, 0.25) is 0 Å². The van der Waals surface area contributed by atoms with Crippen molar-refractivity contribution in [2.75, 3.05) is 20.3 Å². The maximum absolute atomic E-state index is 13.0. The van der Waals surface area contributed by atoms with Crippen LogP contribution in [0.5, 0.6) is 0 Å². The molecule has 23 heavy (non-hydrogen) atoms. The number of rotatable bonds is 7. The van der Waals surface area contributed by atoms with Crippen LogP contribution in [0, 0.1) is 9.77 Å². The van der Waals surface area contributed by atoms with Crippen LogP contribution in [-0.2, 0) is 9.53 Å². The van der Waals surface area contributed by atoms with Crippen LogP contribution in [0.15, 0.2) is 28.6 Å². The number of ether oxygens (including phenoxy) is 1. The van der Waals surface area contributed by atoms with Crippen LogP contribution < -0.4 is 5.32 Å². The van der Waals surface area contributed by atoms with Gasteiger partial charge in [-0.1, -0.05) is 23.1 Å². The monoisotopic (exact) mass is 373 g/mol. The summed E-state index contributed by atoms with van der Waals surface area (Å²) in [6.45, 7) is 2.75. The Labute approximate surface area is 146 Å². The lowest BCUT2D eigenvalue weighted by atomic mass is 10.3. The molecule has 5 nitrogen and oxygen atoms in total. The van der Waals surface area contributed by atoms with E-state index in [1.807, 2.05) is 0 Å². The number of aromatic nitrogens is 2. The SMILES string of the molecule is COCCNC(=O)[C@H](C)Sc1nn(-c2ccc(F)cc2)c(=S)s1. The van der Waals surface area contributed by atoms with E-state index < -0.39 is 0 Å². The fraction of sp³-hybridized carbons (Fsp3) is 0.357. The molecule has 1 aromatic heterocycles. The molecule has 0 bridgehead atoms. The molecule has 0 unspecified atom stereocenters. The molecule has 124 valence electrons. The van der Waals surface area contributed by atoms with Gasteiger partial charge in [0, 0.05) is 13.7 Å². The van der Waals surface area contributed by atoms with Crippen molar-refractivity contribution >= 4 is 41.2 Å². The quantitative estimate of drug-likeness (QED) is 0.459. The van der Waals surface area contributed by atoms with E-state index in [9.17, 15) is 9.18 Å². The van der Waals surface area contributed by atoms with Gasteiger partial charge in [0.25, 0.3) is 0 Å². The predicted octanol–water partition coefficient (Wildman–Crippen LogP) is 3.05. The molecule has 0 spiro atoms. The highest BCUT2D eigenvalue weighted by Gasteiger charge is 2.17. The minimum atomic E-state index is -0.313. The van der Waals surface area contributed by atoms with Gasteiger partial charge in [0.15, 0.2) is 8.29 Å². The largest absolute Gasteiger partial charge is 0.383 e. The molecule has 0 saturated heterocycles. The molecule has 0 aliphatic rings. The van der Waals surface area contributed by atoms with Crippen LogP contribution in [0.4, 0.5) is 4.39 Å². The van der Waals surface area contributed by atoms with Gasteiger partial charge in [0.2, 0.25) is 5.91 Å². The number of halogens is 1. The first kappa shape index (κ1) is 18.1. The Morgan fingerprint density at radius 3 is 2.87 bits per heavy atom. The average molecular weight is 374 g/mol. The number of nitrogens with one attached hydrogen (secondary N) is 1. The van der Waals surface area contributed by atoms with E-state index in [4.69, 9.17) is 17.0 Å². The topological polar surface area (TPSA) is 56.1 Å². The summed E-state index contributed by atoms with van der Waals surface area (Å²) in [5.74, 6) is -0.395. The van der Waals surface area contributed by atoms with Gasteiger partial charge in [-0.3, -0.25) is 4.79 Å². The van der Waals surface area contributed by atoms with Crippen LogP contribution in [0.1, 0.15) is 6.92 Å². The zero-order chi connectivity index (χ0) is 16.8. The molecule has 1 amide bonds. The van der Waals surface area contributed by atoms with Gasteiger partial charge in [-0.25, -0.2) is 9.07 Å². The summed E-state index contributed by atoms with van der Waals surface area (Å²) < 4.78 is 20.7. The van der Waals surface area contributed by atoms with Gasteiger partial charge in [-0.05, 0) is 43.4 Å². The lowest BCUT2D eigenvalue weighted by molar-refractivity contribution is -0.120. The normalized spacial score (nSPS) is 12.1. The van der Waals surface area contributed by atoms with E-state index >= 15 is 0 Å². The highest BCUT2D eigenvalue weighted by Crippen LogP contribution is 2.27. The van der Waals surface area contributed by atoms with Gasteiger partial charge in [0.05, 0.1) is 17.5 Å². The zero-order valence-corrected chi connectivity index (χ0v) is 15.1. The molecule has 9 heteroatoms. The number of nitrogens with zero attached hydrogens (tertiary/aromatic N) is 2. The van der Waals surface area contributed by atoms with Crippen molar-refractivity contribution in [3.05, 3.63) is 34.0 Å². The van der Waals surface area contributed by atoms with Crippen molar-refractivity contribution in [2.24, 2.45) is 0 Å². The molecule has 1 atom stereocenters. The Hall–Kier alpha value is -1.29. The molecule has 0 saturated carbocycles. The summed E-state index contributed by atoms with van der Waals surface area (Å²) >= 11 is 7.94. The van der Waals surface area contributed by atoms with Gasteiger partial charge in [-0.2, -0.15) is 0 Å². The first-order valence-corrected chi connectivity index (χ1v) is 8.91. The molecular weight excluding hydrogens is 357 g/mol. The van der Waals surface area contributed by atoms with E-state index in [0.717, 1.165) is 0 Å². The number of amides is 1. The van der Waals surface area contributed by atoms with Gasteiger partial charge in [0.1, 0.15) is 5.82 Å². The van der Waals surface area contributed by atoms with Gasteiger partial charge in [-0.15, -0.1) is 5.10 Å². The number of hydrogen-bond acceptors (Lipinski definition) is 6. The summed E-state index contributed by atoms with van der Waals surface area (Å²) in [6.07, 6.45) is 0. The predicted molar refractivity (Wildman–Crippen MR) is 92.4 cm³/mol. The zero-order valence-electron chi connectivity index (χ0n) is 12.6. The molecule has 0 fully saturated rings. The van der Waals surface area contributed by atoms with Crippen LogP contribution >= 0.6 is 35.3 Å². The molecule has 1 N–H and O–H groups in total. The molecular formula is C14H16FN3O2S3. The average Bonchev–Trinajstić information content (AvgIpc) is 2.88. The second-order valence-electron chi connectivity index (χ2n) is 4.57. The van der Waals surface area contributed by atoms with E-state index in [0.29, 0.717) is 27.1 Å². The Kier molecular flexibility index (Phi) is 6.70. The summed E-state index contributed by atoms with van der Waals surface area (Å²) in [4.78, 5) is 11.9. The summed E-state index contributed by atoms with van der Waals surface area (Å²) in [5, 5.41) is 6.88. The van der Waals surface area contributed by atoms with Crippen molar-refractivity contribution in [1.29, 1.82) is 0 Å². The minimum Gasteiger partial charge on any atom is -0.383 e. The Bertz CT molecular complexity index is 715. The van der Waals surface area contributed by atoms with Crippen molar-refractivity contribution in [3.63, 3.8) is 0 Å². The van der Waals surface area contributed by atoms with Crippen LogP contribution in [0.25, 0.3) is 5.69 Å². The van der Waals surface area contributed by atoms with E-state index in [-0.39, 0.29) is 17.0 Å². The molecule has 0 aliphatic heterocycles. The first-order valence-electron chi connectivity index (χ1n) is 6.80. The molecule has 2 rings (SSSR count). The summed E-state index contributed by atoms with van der Waals surface area (Å²) in [6, 6.07) is 5.94. The molecule has 1 aromatic carbocycles. The maximum atomic E-state index is 13.0. The van der Waals surface area contributed by atoms with Crippen LogP contribution in [-0.4, -0.2) is 41.2 Å². The van der Waals surface area contributed by atoms with E-state index in [1.165, 1.54) is 35.2 Å². The fourth-order valence-corrected chi connectivity index (χ4v) is 4.21. The minimum absolute atomic E-state index is 0.0819. The third kappa shape index (κ3) is 5.10. The van der Waals surface area contributed by atoms with E-state index in [2.05, 4.69) is 10.4 Å². The lowest BCUT2D eigenvalue weighted by Crippen LogP contribution is -2.33. The van der Waals surface area contributed by atoms with Gasteiger partial charge < -0.3 is 10.1 Å². The fourth-order valence-electron chi connectivity index (χ4n) is 1.68. The highest BCUT2D eigenvalue weighted by atomic mass is 32.2. The van der Waals surface area contributed by atoms with Crippen molar-refractivity contribution in [2.45, 2.75) is 16.5 Å². The Morgan fingerprint density at radius 2 is 2.22 bits per heavy atom. The molecule has 2 aromatic rings. The third-order valence-electron chi connectivity index (χ3n) is 2.85.